The highest BCUT2D eigenvalue weighted by molar-refractivity contribution is 6.48. The van der Waals surface area contributed by atoms with Crippen LogP contribution in [0.3, 0.4) is 0 Å². The number of ketones is 1. The van der Waals surface area contributed by atoms with E-state index in [4.69, 9.17) is 45.1 Å². The summed E-state index contributed by atoms with van der Waals surface area (Å²) in [6.07, 6.45) is 13.5. The van der Waals surface area contributed by atoms with Gasteiger partial charge >= 0.3 is 33.5 Å². The van der Waals surface area contributed by atoms with E-state index < -0.39 is 62.3 Å². The highest BCUT2D eigenvalue weighted by atomic mass is 35.5. The molecular weight excluding hydrogens is 1200 g/mol. The molecule has 9 aliphatic carbocycles. The van der Waals surface area contributed by atoms with Crippen molar-refractivity contribution in [3.8, 4) is 0 Å². The predicted molar refractivity (Wildman–Crippen MR) is 328 cm³/mol. The Hall–Kier alpha value is -4.09. The number of carboxylic acid groups (broad SMARTS) is 2. The lowest BCUT2D eigenvalue weighted by molar-refractivity contribution is -0.344. The van der Waals surface area contributed by atoms with Crippen molar-refractivity contribution >= 4 is 68.6 Å². The number of carbonyl (C=O) groups is 8. The quantitative estimate of drug-likeness (QED) is 0.0852. The van der Waals surface area contributed by atoms with Gasteiger partial charge in [-0.1, -0.05) is 92.9 Å². The minimum atomic E-state index is -5.19. The standard InChI is InChI=1S/C21H35BN2O4.C16H28BNO2.C11H21BN2O4.C5H9NO3.C4H9NO.C2HF3O2.CH4.ClH/c1-12(23-13(2)25)19(26)24-18(9-14-7-6-8-14)22-27-17-11-15-10-16(20(15,3)4)21(17,5)28-22;1-15(2)11-8-12(15)16(3)13(9-11)19-17(20-16)14(18)7-10-5-4-6-10;1-7(13-8(2)15)11(16)14-10(12(17)18)6-9-4-3-5-9;1-3(5(8)9)6-4(2)7;1-3(5)4(2)6;3-2(4,5)1(6)7;;/h12,14-18H,6-11H2,1-5H3,(H,23,25)(H,24,26);10-14H,4-9,18H2,1-3H3;7,9-10,17-18H,3-6H2,1-2H3,(H,13,15)(H,14,16);3H,1-2H3,(H,6,7)(H,8,9);3H,5H2,1-2H3;(H,6,7);1H4;1H/p-2/t12?,15-,16-,17+,18-,21-;11-,12-,13?,14-,16-;7?,10-;;;;;/m000...../s1. The van der Waals surface area contributed by atoms with Crippen LogP contribution in [0, 0.1) is 52.3 Å². The van der Waals surface area contributed by atoms with Crippen LogP contribution in [0.2, 0.25) is 0 Å². The number of amides is 5. The number of hydrogen-bond donors (Lipinski definition) is 10. The summed E-state index contributed by atoms with van der Waals surface area (Å²) in [7, 11) is -2.14. The molecular formula is C60H106B3ClF3N7O16-2. The zero-order valence-corrected chi connectivity index (χ0v) is 55.4. The third-order valence-corrected chi connectivity index (χ3v) is 20.4. The van der Waals surface area contributed by atoms with E-state index in [1.165, 1.54) is 86.0 Å². The Balaban J connectivity index is 0.000000397. The van der Waals surface area contributed by atoms with Crippen molar-refractivity contribution in [1.29, 1.82) is 0 Å². The zero-order valence-electron chi connectivity index (χ0n) is 54.6. The van der Waals surface area contributed by atoms with Crippen molar-refractivity contribution in [3.05, 3.63) is 0 Å². The van der Waals surface area contributed by atoms with Crippen molar-refractivity contribution in [2.45, 2.75) is 279 Å². The van der Waals surface area contributed by atoms with E-state index in [0.29, 0.717) is 46.8 Å². The van der Waals surface area contributed by atoms with E-state index in [9.17, 15) is 56.8 Å². The van der Waals surface area contributed by atoms with Gasteiger partial charge in [0.25, 0.3) is 0 Å². The van der Waals surface area contributed by atoms with Crippen LogP contribution in [-0.2, 0) is 57.0 Å². The molecule has 2 saturated heterocycles. The summed E-state index contributed by atoms with van der Waals surface area (Å²) in [5, 5.41) is 48.5. The number of hydrogen-bond acceptors (Lipinski definition) is 17. The fraction of sp³-hybridized carbons (Fsp3) is 0.867. The lowest BCUT2D eigenvalue weighted by atomic mass is 9.43. The van der Waals surface area contributed by atoms with Crippen LogP contribution < -0.4 is 55.6 Å². The van der Waals surface area contributed by atoms with Crippen LogP contribution in [-0.4, -0.2) is 155 Å². The summed E-state index contributed by atoms with van der Waals surface area (Å²) in [6.45, 7) is 25.9. The Morgan fingerprint density at radius 3 is 1.26 bits per heavy atom. The molecule has 9 saturated carbocycles. The number of aliphatic carboxylic acids is 2. The van der Waals surface area contributed by atoms with Gasteiger partial charge in [-0.2, -0.15) is 13.2 Å². The van der Waals surface area contributed by atoms with Gasteiger partial charge in [0, 0.05) is 26.7 Å². The normalized spacial score (nSPS) is 29.0. The first-order valence-corrected chi connectivity index (χ1v) is 31.5. The Labute approximate surface area is 538 Å². The van der Waals surface area contributed by atoms with Gasteiger partial charge in [0.1, 0.15) is 29.9 Å². The second-order valence-electron chi connectivity index (χ2n) is 27.9. The van der Waals surface area contributed by atoms with Gasteiger partial charge < -0.3 is 94.1 Å². The molecule has 90 heavy (non-hydrogen) atoms. The van der Waals surface area contributed by atoms with E-state index in [1.807, 2.05) is 0 Å². The third kappa shape index (κ3) is 22.0. The van der Waals surface area contributed by atoms with Crippen LogP contribution in [0.4, 0.5) is 13.2 Å². The molecule has 11 rings (SSSR count). The van der Waals surface area contributed by atoms with E-state index >= 15 is 0 Å². The number of carbonyl (C=O) groups excluding carboxylic acids is 7. The molecule has 4 bridgehead atoms. The average Bonchev–Trinajstić information content (AvgIpc) is 1.37. The van der Waals surface area contributed by atoms with Crippen molar-refractivity contribution in [2.24, 2.45) is 63.7 Å². The Kier molecular flexibility index (Phi) is 31.3. The smallest absolute Gasteiger partial charge is 0.481 e. The van der Waals surface area contributed by atoms with Gasteiger partial charge in [0.2, 0.25) is 29.5 Å². The number of carboxylic acids is 2. The van der Waals surface area contributed by atoms with Crippen LogP contribution >= 0.6 is 0 Å². The van der Waals surface area contributed by atoms with E-state index in [0.717, 1.165) is 56.8 Å². The highest BCUT2D eigenvalue weighted by Gasteiger charge is 2.70. The summed E-state index contributed by atoms with van der Waals surface area (Å²) in [5.41, 5.74) is 11.8. The average molecular weight is 1310 g/mol. The fourth-order valence-electron chi connectivity index (χ4n) is 13.8. The SMILES string of the molecule is C.CC(=O)C(C)N.CC(=O)NC(C)C(=O)N[C@@H](CC1CCC1)B(O)O.CC(=O)NC(C)C(=O)N[C@@H](CC1CCC1)B1O[C@@H]2C[C@@H]3C[C@@H](C3(C)C)[C@]2(C)O1.CC(=O)NC(C)C(=O)O.CC1(C)[C@@H]2CC3OB([C@@H](N)CC4CCC4)O[C@@]3(C)[C@H]1C2.O=C([O-])C(F)(F)F.[Cl-]. The minimum absolute atomic E-state index is 0. The lowest BCUT2D eigenvalue weighted by Crippen LogP contribution is -3.00. The molecule has 516 valence electrons. The molecule has 11 aliphatic rings. The van der Waals surface area contributed by atoms with Gasteiger partial charge in [0.05, 0.1) is 41.3 Å². The van der Waals surface area contributed by atoms with E-state index in [-0.39, 0.29) is 97.7 Å². The molecule has 2 heterocycles. The molecule has 2 aliphatic heterocycles. The molecule has 0 aromatic heterocycles. The van der Waals surface area contributed by atoms with Crippen LogP contribution in [0.5, 0.6) is 0 Å². The Bertz CT molecular complexity index is 2410. The number of nitrogens with one attached hydrogen (secondary N) is 5. The summed E-state index contributed by atoms with van der Waals surface area (Å²) in [5.74, 6) is -1.61. The number of alkyl halides is 3. The zero-order chi connectivity index (χ0) is 66.8. The number of rotatable bonds is 18. The molecule has 0 aromatic rings. The van der Waals surface area contributed by atoms with Crippen molar-refractivity contribution in [2.75, 3.05) is 0 Å². The van der Waals surface area contributed by atoms with Gasteiger partial charge in [-0.25, -0.2) is 0 Å². The maximum atomic E-state index is 12.7. The number of halogens is 4. The first-order chi connectivity index (χ1) is 40.5. The first kappa shape index (κ1) is 82.0. The Morgan fingerprint density at radius 2 is 0.944 bits per heavy atom. The number of nitrogens with two attached hydrogens (primary N) is 2. The van der Waals surface area contributed by atoms with E-state index in [2.05, 4.69) is 68.1 Å². The monoisotopic (exact) mass is 1310 g/mol. The maximum Gasteiger partial charge on any atom is 0.481 e. The molecule has 23 nitrogen and oxygen atoms in total. The third-order valence-electron chi connectivity index (χ3n) is 20.4. The van der Waals surface area contributed by atoms with Crippen LogP contribution in [0.15, 0.2) is 0 Å². The van der Waals surface area contributed by atoms with Crippen molar-refractivity contribution in [1.82, 2.24) is 26.6 Å². The summed E-state index contributed by atoms with van der Waals surface area (Å²) in [4.78, 5) is 85.5. The molecule has 12 N–H and O–H groups in total. The van der Waals surface area contributed by atoms with Gasteiger partial charge in [-0.05, 0) is 146 Å². The maximum absolute atomic E-state index is 12.7. The molecule has 11 fully saturated rings. The molecule has 0 aromatic carbocycles. The van der Waals surface area contributed by atoms with Crippen molar-refractivity contribution in [3.63, 3.8) is 0 Å². The fourth-order valence-corrected chi connectivity index (χ4v) is 13.8. The summed E-state index contributed by atoms with van der Waals surface area (Å²) >= 11 is 0. The molecule has 0 spiro atoms. The van der Waals surface area contributed by atoms with Gasteiger partial charge in [-0.15, -0.1) is 0 Å². The molecule has 5 unspecified atom stereocenters. The summed E-state index contributed by atoms with van der Waals surface area (Å²) < 4.78 is 57.3. The van der Waals surface area contributed by atoms with E-state index in [1.54, 1.807) is 20.8 Å². The van der Waals surface area contributed by atoms with Crippen LogP contribution in [0.1, 0.15) is 207 Å². The second-order valence-corrected chi connectivity index (χ2v) is 27.9. The predicted octanol–water partition coefficient (Wildman–Crippen LogP) is 0.880. The minimum Gasteiger partial charge on any atom is -1.00 e. The van der Waals surface area contributed by atoms with Gasteiger partial charge in [-0.3, -0.25) is 33.6 Å². The topological polar surface area (TPSA) is 369 Å². The first-order valence-electron chi connectivity index (χ1n) is 31.5. The summed E-state index contributed by atoms with van der Waals surface area (Å²) in [6, 6.07) is -2.31. The van der Waals surface area contributed by atoms with Crippen LogP contribution in [0.25, 0.3) is 0 Å². The molecule has 15 atom stereocenters. The molecule has 30 heteroatoms. The molecule has 0 radical (unpaired) electrons. The largest absolute Gasteiger partial charge is 1.00 e. The second kappa shape index (κ2) is 34.4. The Morgan fingerprint density at radius 1 is 0.600 bits per heavy atom. The number of Topliss-reactive ketones (excluding diaryl/α,β-unsaturated/α-hetero) is 1. The lowest BCUT2D eigenvalue weighted by Gasteiger charge is -2.64. The van der Waals surface area contributed by atoms with Gasteiger partial charge in [0.15, 0.2) is 0 Å². The van der Waals surface area contributed by atoms with Crippen molar-refractivity contribution < 1.29 is 103 Å². The highest BCUT2D eigenvalue weighted by Crippen LogP contribution is 2.67. The molecule has 5 amide bonds.